The Morgan fingerprint density at radius 2 is 1.77 bits per heavy atom. The molecule has 1 aliphatic heterocycles. The van der Waals surface area contributed by atoms with E-state index in [-0.39, 0.29) is 23.0 Å². The summed E-state index contributed by atoms with van der Waals surface area (Å²) in [4.78, 5) is 26.2. The van der Waals surface area contributed by atoms with Gasteiger partial charge in [-0.05, 0) is 59.0 Å². The molecule has 3 amide bonds. The quantitative estimate of drug-likeness (QED) is 0.331. The van der Waals surface area contributed by atoms with Gasteiger partial charge < -0.3 is 16.4 Å². The smallest absolute Gasteiger partial charge is 0.336 e. The van der Waals surface area contributed by atoms with E-state index in [0.717, 1.165) is 14.7 Å². The number of nitrogen functional groups attached to an aromatic ring is 1. The second-order valence-electron chi connectivity index (χ2n) is 7.87. The zero-order valence-corrected chi connectivity index (χ0v) is 19.9. The summed E-state index contributed by atoms with van der Waals surface area (Å²) in [5, 5.41) is 7.31. The number of carbonyl (C=O) groups excluding carboxylic acids is 2. The van der Waals surface area contributed by atoms with Crippen LogP contribution < -0.4 is 16.4 Å². The minimum Gasteiger partial charge on any atom is -0.397 e. The number of nitrogens with two attached hydrogens (primary N) is 1. The number of nitrogens with one attached hydrogen (secondary N) is 2. The van der Waals surface area contributed by atoms with E-state index in [9.17, 15) is 18.0 Å². The average Bonchev–Trinajstić information content (AvgIpc) is 3.39. The Labute approximate surface area is 206 Å². The summed E-state index contributed by atoms with van der Waals surface area (Å²) in [6.07, 6.45) is 0. The third kappa shape index (κ3) is 4.36. The first-order valence-corrected chi connectivity index (χ1v) is 12.9. The number of rotatable bonds is 5. The summed E-state index contributed by atoms with van der Waals surface area (Å²) in [6.45, 7) is -0.176. The van der Waals surface area contributed by atoms with Crippen LogP contribution >= 0.6 is 11.3 Å². The van der Waals surface area contributed by atoms with E-state index in [1.165, 1.54) is 11.3 Å². The van der Waals surface area contributed by atoms with E-state index >= 15 is 0 Å². The molecule has 4 N–H and O–H groups in total. The number of sulfonamides is 1. The number of urea groups is 1. The van der Waals surface area contributed by atoms with Crippen molar-refractivity contribution in [2.75, 3.05) is 16.4 Å². The van der Waals surface area contributed by atoms with Gasteiger partial charge in [0.25, 0.3) is 15.9 Å². The predicted molar refractivity (Wildman–Crippen MR) is 137 cm³/mol. The number of nitrogens with zero attached hydrogens (tertiary/aromatic N) is 1. The van der Waals surface area contributed by atoms with E-state index in [1.807, 2.05) is 17.5 Å². The molecule has 10 heteroatoms. The second kappa shape index (κ2) is 8.90. The molecule has 0 unspecified atom stereocenters. The Bertz CT molecular complexity index is 1530. The van der Waals surface area contributed by atoms with Gasteiger partial charge in [-0.3, -0.25) is 4.79 Å². The zero-order valence-electron chi connectivity index (χ0n) is 18.3. The van der Waals surface area contributed by atoms with Crippen molar-refractivity contribution in [3.8, 4) is 10.4 Å². The van der Waals surface area contributed by atoms with Crippen LogP contribution in [0.2, 0.25) is 0 Å². The van der Waals surface area contributed by atoms with Crippen molar-refractivity contribution >= 4 is 50.4 Å². The van der Waals surface area contributed by atoms with Gasteiger partial charge in [-0.2, -0.15) is 0 Å². The van der Waals surface area contributed by atoms with E-state index < -0.39 is 16.1 Å². The van der Waals surface area contributed by atoms with Crippen molar-refractivity contribution in [1.82, 2.24) is 4.31 Å². The summed E-state index contributed by atoms with van der Waals surface area (Å²) in [5.74, 6) is -0.354. The average molecular weight is 505 g/mol. The fraction of sp³-hybridized carbons (Fsp3) is 0.0400. The lowest BCUT2D eigenvalue weighted by Crippen LogP contribution is -2.43. The highest BCUT2D eigenvalue weighted by atomic mass is 32.2. The van der Waals surface area contributed by atoms with Crippen LogP contribution in [0, 0.1) is 0 Å². The normalized spacial score (nSPS) is 14.2. The van der Waals surface area contributed by atoms with Crippen molar-refractivity contribution in [3.05, 3.63) is 95.4 Å². The third-order valence-electron chi connectivity index (χ3n) is 5.57. The lowest BCUT2D eigenvalue weighted by molar-refractivity contribution is 0.102. The predicted octanol–water partition coefficient (Wildman–Crippen LogP) is 4.99. The molecule has 0 spiro atoms. The van der Waals surface area contributed by atoms with E-state index in [0.29, 0.717) is 22.5 Å². The molecule has 4 aromatic rings. The highest BCUT2D eigenvalue weighted by Gasteiger charge is 2.37. The summed E-state index contributed by atoms with van der Waals surface area (Å²) < 4.78 is 27.5. The van der Waals surface area contributed by atoms with Crippen molar-refractivity contribution in [1.29, 1.82) is 0 Å². The number of para-hydroxylation sites is 2. The van der Waals surface area contributed by atoms with Crippen molar-refractivity contribution in [2.24, 2.45) is 0 Å². The maximum absolute atomic E-state index is 13.3. The topological polar surface area (TPSA) is 122 Å². The Morgan fingerprint density at radius 1 is 1.00 bits per heavy atom. The fourth-order valence-electron chi connectivity index (χ4n) is 3.73. The van der Waals surface area contributed by atoms with Crippen LogP contribution in [0.3, 0.4) is 0 Å². The maximum atomic E-state index is 13.3. The minimum absolute atomic E-state index is 0.0412. The van der Waals surface area contributed by atoms with Crippen LogP contribution in [0.1, 0.15) is 15.9 Å². The fourth-order valence-corrected chi connectivity index (χ4v) is 5.95. The Morgan fingerprint density at radius 3 is 2.49 bits per heavy atom. The molecule has 176 valence electrons. The molecule has 0 aliphatic carbocycles. The van der Waals surface area contributed by atoms with Gasteiger partial charge in [0.1, 0.15) is 4.90 Å². The minimum atomic E-state index is -4.08. The number of thiophene rings is 1. The number of fused-ring (bicyclic) bond motifs is 1. The number of hydrogen-bond acceptors (Lipinski definition) is 6. The molecule has 35 heavy (non-hydrogen) atoms. The highest BCUT2D eigenvalue weighted by molar-refractivity contribution is 7.90. The van der Waals surface area contributed by atoms with Gasteiger partial charge in [0.2, 0.25) is 0 Å². The molecule has 0 saturated carbocycles. The molecule has 0 bridgehead atoms. The molecule has 0 radical (unpaired) electrons. The Balaban J connectivity index is 1.36. The Hall–Kier alpha value is -4.15. The SMILES string of the molecule is Nc1ccccc1NC(=O)c1ccc(CN2C(=O)Nc3ccc(-c4cccs4)cc3S2(=O)=O)cc1. The van der Waals surface area contributed by atoms with Gasteiger partial charge in [0.05, 0.1) is 23.6 Å². The molecule has 3 aromatic carbocycles. The van der Waals surface area contributed by atoms with E-state index in [2.05, 4.69) is 10.6 Å². The van der Waals surface area contributed by atoms with Gasteiger partial charge in [-0.15, -0.1) is 11.3 Å². The second-order valence-corrected chi connectivity index (χ2v) is 10.6. The van der Waals surface area contributed by atoms with Gasteiger partial charge in [-0.25, -0.2) is 17.5 Å². The number of amides is 3. The summed E-state index contributed by atoms with van der Waals surface area (Å²) in [6, 6.07) is 21.3. The third-order valence-corrected chi connectivity index (χ3v) is 8.26. The van der Waals surface area contributed by atoms with Gasteiger partial charge in [0.15, 0.2) is 0 Å². The van der Waals surface area contributed by atoms with Crippen LogP contribution in [0.4, 0.5) is 21.9 Å². The summed E-state index contributed by atoms with van der Waals surface area (Å²) in [7, 11) is -4.08. The lowest BCUT2D eigenvalue weighted by Gasteiger charge is -2.29. The van der Waals surface area contributed by atoms with Crippen LogP contribution in [-0.4, -0.2) is 24.7 Å². The molecule has 8 nitrogen and oxygen atoms in total. The molecule has 0 saturated heterocycles. The monoisotopic (exact) mass is 504 g/mol. The zero-order chi connectivity index (χ0) is 24.6. The molecule has 1 aliphatic rings. The first kappa shape index (κ1) is 22.6. The van der Waals surface area contributed by atoms with Crippen molar-refractivity contribution in [2.45, 2.75) is 11.4 Å². The molecule has 0 atom stereocenters. The molecule has 2 heterocycles. The number of benzene rings is 3. The molecular formula is C25H20N4O4S2. The number of carbonyl (C=O) groups is 2. The lowest BCUT2D eigenvalue weighted by atomic mass is 10.1. The van der Waals surface area contributed by atoms with Crippen LogP contribution in [0.15, 0.2) is 89.1 Å². The van der Waals surface area contributed by atoms with E-state index in [4.69, 9.17) is 5.73 Å². The van der Waals surface area contributed by atoms with Gasteiger partial charge >= 0.3 is 6.03 Å². The maximum Gasteiger partial charge on any atom is 0.336 e. The standard InChI is InChI=1S/C25H20N4O4S2/c26-19-4-1-2-5-20(19)27-24(30)17-9-7-16(8-10-17)15-29-25(31)28-21-12-11-18(22-6-3-13-34-22)14-23(21)35(29,32)33/h1-14H,15,26H2,(H,27,30)(H,28,31). The molecule has 1 aromatic heterocycles. The van der Waals surface area contributed by atoms with Crippen molar-refractivity contribution < 1.29 is 18.0 Å². The summed E-state index contributed by atoms with van der Waals surface area (Å²) in [5.41, 5.74) is 8.74. The van der Waals surface area contributed by atoms with Crippen LogP contribution in [-0.2, 0) is 16.6 Å². The first-order valence-electron chi connectivity index (χ1n) is 10.6. The van der Waals surface area contributed by atoms with Crippen LogP contribution in [0.25, 0.3) is 10.4 Å². The molecule has 5 rings (SSSR count). The van der Waals surface area contributed by atoms with Gasteiger partial charge in [-0.1, -0.05) is 36.4 Å². The number of anilines is 3. The highest BCUT2D eigenvalue weighted by Crippen LogP contribution is 2.36. The Kier molecular flexibility index (Phi) is 5.75. The molecule has 0 fully saturated rings. The van der Waals surface area contributed by atoms with Crippen molar-refractivity contribution in [3.63, 3.8) is 0 Å². The largest absolute Gasteiger partial charge is 0.397 e. The summed E-state index contributed by atoms with van der Waals surface area (Å²) >= 11 is 1.50. The van der Waals surface area contributed by atoms with Gasteiger partial charge in [0, 0.05) is 10.4 Å². The molecular weight excluding hydrogens is 484 g/mol. The number of hydrogen-bond donors (Lipinski definition) is 3. The van der Waals surface area contributed by atoms with Crippen LogP contribution in [0.5, 0.6) is 0 Å². The van der Waals surface area contributed by atoms with E-state index in [1.54, 1.807) is 66.7 Å². The first-order chi connectivity index (χ1) is 16.8.